The number of carbonyl (C=O) groups is 1. The Balaban J connectivity index is 1.97. The minimum Gasteiger partial charge on any atom is -0.507 e. The fourth-order valence-electron chi connectivity index (χ4n) is 2.25. The van der Waals surface area contributed by atoms with Gasteiger partial charge in [-0.25, -0.2) is 0 Å². The van der Waals surface area contributed by atoms with Crippen molar-refractivity contribution in [1.82, 2.24) is 5.16 Å². The van der Waals surface area contributed by atoms with E-state index in [1.165, 1.54) is 0 Å². The molecule has 0 unspecified atom stereocenters. The highest BCUT2D eigenvalue weighted by Gasteiger charge is 2.13. The summed E-state index contributed by atoms with van der Waals surface area (Å²) in [5.41, 5.74) is 2.58. The van der Waals surface area contributed by atoms with E-state index in [9.17, 15) is 9.90 Å². The van der Waals surface area contributed by atoms with Gasteiger partial charge in [-0.2, -0.15) is 0 Å². The normalized spacial score (nSPS) is 10.6. The molecule has 0 aliphatic carbocycles. The van der Waals surface area contributed by atoms with E-state index in [1.807, 2.05) is 19.9 Å². The highest BCUT2D eigenvalue weighted by molar-refractivity contribution is 5.81. The molecule has 5 heteroatoms. The summed E-state index contributed by atoms with van der Waals surface area (Å²) >= 11 is 0. The Hall–Kier alpha value is -2.30. The topological polar surface area (TPSA) is 72.6 Å². The number of aryl methyl sites for hydroxylation is 3. The quantitative estimate of drug-likeness (QED) is 0.653. The second-order valence-corrected chi connectivity index (χ2v) is 5.09. The Morgan fingerprint density at radius 2 is 2.10 bits per heavy atom. The number of nitrogens with zero attached hydrogens (tertiary/aromatic N) is 1. The molecule has 2 rings (SSSR count). The molecule has 21 heavy (non-hydrogen) atoms. The third kappa shape index (κ3) is 3.42. The van der Waals surface area contributed by atoms with Gasteiger partial charge in [0.2, 0.25) is 0 Å². The number of aromatic nitrogens is 1. The number of aromatic hydroxyl groups is 1. The molecule has 112 valence electrons. The summed E-state index contributed by atoms with van der Waals surface area (Å²) in [7, 11) is 0. The Kier molecular flexibility index (Phi) is 4.62. The van der Waals surface area contributed by atoms with Gasteiger partial charge in [-0.05, 0) is 38.8 Å². The van der Waals surface area contributed by atoms with Crippen LogP contribution in [0.3, 0.4) is 0 Å². The van der Waals surface area contributed by atoms with Crippen molar-refractivity contribution in [2.75, 3.05) is 6.61 Å². The van der Waals surface area contributed by atoms with E-state index in [1.54, 1.807) is 13.0 Å². The van der Waals surface area contributed by atoms with E-state index < -0.39 is 0 Å². The number of benzene rings is 1. The predicted molar refractivity (Wildman–Crippen MR) is 78.0 cm³/mol. The molecule has 0 atom stereocenters. The number of phenols is 1. The first-order chi connectivity index (χ1) is 10.0. The zero-order chi connectivity index (χ0) is 15.4. The molecule has 5 nitrogen and oxygen atoms in total. The van der Waals surface area contributed by atoms with E-state index in [0.29, 0.717) is 24.2 Å². The first-order valence-corrected chi connectivity index (χ1v) is 6.86. The van der Waals surface area contributed by atoms with Crippen molar-refractivity contribution in [1.29, 1.82) is 0 Å². The molecule has 1 N–H and O–H groups in total. The molecule has 0 aliphatic rings. The van der Waals surface area contributed by atoms with Crippen molar-refractivity contribution in [3.63, 3.8) is 0 Å². The lowest BCUT2D eigenvalue weighted by molar-refractivity contribution is 0.112. The van der Waals surface area contributed by atoms with E-state index in [-0.39, 0.29) is 11.3 Å². The van der Waals surface area contributed by atoms with E-state index in [4.69, 9.17) is 9.26 Å². The molecule has 1 aromatic heterocycles. The summed E-state index contributed by atoms with van der Waals surface area (Å²) in [5, 5.41) is 13.7. The molecule has 0 saturated carbocycles. The van der Waals surface area contributed by atoms with Crippen molar-refractivity contribution in [2.45, 2.75) is 33.6 Å². The maximum Gasteiger partial charge on any atom is 0.153 e. The van der Waals surface area contributed by atoms with Crippen molar-refractivity contribution >= 4 is 6.29 Å². The Morgan fingerprint density at radius 3 is 2.71 bits per heavy atom. The standard InChI is InChI=1S/C16H19NO4/c1-10-7-13(9-18)15(19)12(3)16(10)20-6-4-5-14-8-11(2)17-21-14/h7-9,19H,4-6H2,1-3H3. The Labute approximate surface area is 123 Å². The molecule has 0 saturated heterocycles. The fourth-order valence-corrected chi connectivity index (χ4v) is 2.25. The third-order valence-corrected chi connectivity index (χ3v) is 3.32. The van der Waals surface area contributed by atoms with Crippen LogP contribution in [0.15, 0.2) is 16.7 Å². The molecular formula is C16H19NO4. The van der Waals surface area contributed by atoms with Gasteiger partial charge in [0.1, 0.15) is 17.3 Å². The first-order valence-electron chi connectivity index (χ1n) is 6.86. The third-order valence-electron chi connectivity index (χ3n) is 3.32. The average Bonchev–Trinajstić information content (AvgIpc) is 2.87. The van der Waals surface area contributed by atoms with E-state index in [0.717, 1.165) is 29.9 Å². The molecule has 1 aromatic carbocycles. The molecule has 0 amide bonds. The summed E-state index contributed by atoms with van der Waals surface area (Å²) in [4.78, 5) is 10.8. The number of rotatable bonds is 6. The van der Waals surface area contributed by atoms with Gasteiger partial charge in [0.05, 0.1) is 17.9 Å². The van der Waals surface area contributed by atoms with Crippen LogP contribution in [0.4, 0.5) is 0 Å². The van der Waals surface area contributed by atoms with Gasteiger partial charge >= 0.3 is 0 Å². The number of carbonyl (C=O) groups excluding carboxylic acids is 1. The van der Waals surface area contributed by atoms with Crippen molar-refractivity contribution in [3.8, 4) is 11.5 Å². The maximum atomic E-state index is 10.8. The van der Waals surface area contributed by atoms with Gasteiger partial charge in [0.15, 0.2) is 6.29 Å². The number of ether oxygens (including phenoxy) is 1. The molecule has 0 radical (unpaired) electrons. The van der Waals surface area contributed by atoms with Crippen LogP contribution in [0, 0.1) is 20.8 Å². The number of aldehydes is 1. The zero-order valence-electron chi connectivity index (χ0n) is 12.5. The van der Waals surface area contributed by atoms with Crippen LogP contribution >= 0.6 is 0 Å². The van der Waals surface area contributed by atoms with Crippen LogP contribution in [-0.4, -0.2) is 23.2 Å². The fraction of sp³-hybridized carbons (Fsp3) is 0.375. The summed E-state index contributed by atoms with van der Waals surface area (Å²) in [6.45, 7) is 5.98. The van der Waals surface area contributed by atoms with Gasteiger partial charge in [-0.3, -0.25) is 4.79 Å². The lowest BCUT2D eigenvalue weighted by Crippen LogP contribution is -2.03. The summed E-state index contributed by atoms with van der Waals surface area (Å²) < 4.78 is 10.9. The molecule has 0 bridgehead atoms. The van der Waals surface area contributed by atoms with Gasteiger partial charge in [-0.1, -0.05) is 5.16 Å². The predicted octanol–water partition coefficient (Wildman–Crippen LogP) is 3.13. The number of hydrogen-bond acceptors (Lipinski definition) is 5. The van der Waals surface area contributed by atoms with Crippen LogP contribution in [0.5, 0.6) is 11.5 Å². The van der Waals surface area contributed by atoms with Crippen LogP contribution in [0.2, 0.25) is 0 Å². The SMILES string of the molecule is Cc1cc(CCCOc2c(C)cc(C=O)c(O)c2C)on1. The smallest absolute Gasteiger partial charge is 0.153 e. The zero-order valence-corrected chi connectivity index (χ0v) is 12.5. The van der Waals surface area contributed by atoms with Crippen LogP contribution in [-0.2, 0) is 6.42 Å². The van der Waals surface area contributed by atoms with Crippen molar-refractivity contribution in [2.24, 2.45) is 0 Å². The monoisotopic (exact) mass is 289 g/mol. The van der Waals surface area contributed by atoms with E-state index in [2.05, 4.69) is 5.16 Å². The lowest BCUT2D eigenvalue weighted by Gasteiger charge is -2.14. The van der Waals surface area contributed by atoms with Crippen molar-refractivity contribution in [3.05, 3.63) is 40.3 Å². The van der Waals surface area contributed by atoms with Gasteiger partial charge < -0.3 is 14.4 Å². The van der Waals surface area contributed by atoms with E-state index >= 15 is 0 Å². The lowest BCUT2D eigenvalue weighted by atomic mass is 10.0. The number of phenolic OH excluding ortho intramolecular Hbond substituents is 1. The minimum absolute atomic E-state index is 0.0172. The van der Waals surface area contributed by atoms with Crippen LogP contribution in [0.25, 0.3) is 0 Å². The highest BCUT2D eigenvalue weighted by Crippen LogP contribution is 2.33. The largest absolute Gasteiger partial charge is 0.507 e. The Morgan fingerprint density at radius 1 is 1.33 bits per heavy atom. The molecular weight excluding hydrogens is 270 g/mol. The highest BCUT2D eigenvalue weighted by atomic mass is 16.5. The van der Waals surface area contributed by atoms with Gasteiger partial charge in [-0.15, -0.1) is 0 Å². The van der Waals surface area contributed by atoms with Crippen LogP contribution < -0.4 is 4.74 Å². The summed E-state index contributed by atoms with van der Waals surface area (Å²) in [5.74, 6) is 1.45. The molecule has 2 aromatic rings. The second kappa shape index (κ2) is 6.43. The molecule has 0 spiro atoms. The number of hydrogen-bond donors (Lipinski definition) is 1. The van der Waals surface area contributed by atoms with Gasteiger partial charge in [0.25, 0.3) is 0 Å². The maximum absolute atomic E-state index is 10.8. The molecule has 0 aliphatic heterocycles. The minimum atomic E-state index is -0.0172. The summed E-state index contributed by atoms with van der Waals surface area (Å²) in [6.07, 6.45) is 2.17. The Bertz CT molecular complexity index is 646. The average molecular weight is 289 g/mol. The molecule has 1 heterocycles. The van der Waals surface area contributed by atoms with Crippen molar-refractivity contribution < 1.29 is 19.2 Å². The second-order valence-electron chi connectivity index (χ2n) is 5.09. The first kappa shape index (κ1) is 15.1. The summed E-state index contributed by atoms with van der Waals surface area (Å²) in [6, 6.07) is 3.53. The molecule has 0 fully saturated rings. The van der Waals surface area contributed by atoms with Gasteiger partial charge in [0, 0.05) is 18.1 Å². The van der Waals surface area contributed by atoms with Crippen LogP contribution in [0.1, 0.15) is 39.4 Å².